The second kappa shape index (κ2) is 7.05. The summed E-state index contributed by atoms with van der Waals surface area (Å²) in [5, 5.41) is 16.3. The predicted molar refractivity (Wildman–Crippen MR) is 72.1 cm³/mol. The predicted octanol–water partition coefficient (Wildman–Crippen LogP) is 0.398. The summed E-state index contributed by atoms with van der Waals surface area (Å²) in [7, 11) is 3.11. The molecule has 0 amide bonds. The zero-order valence-corrected chi connectivity index (χ0v) is 12.2. The van der Waals surface area contributed by atoms with Crippen LogP contribution in [0.25, 0.3) is 0 Å². The van der Waals surface area contributed by atoms with E-state index in [9.17, 15) is 13.2 Å². The quantitative estimate of drug-likeness (QED) is 0.781. The van der Waals surface area contributed by atoms with E-state index >= 15 is 0 Å². The minimum atomic E-state index is -4.63. The Labute approximate surface area is 124 Å². The van der Waals surface area contributed by atoms with Crippen molar-refractivity contribution >= 4 is 23.4 Å². The maximum Gasteiger partial charge on any atom is 0.415 e. The first-order valence-corrected chi connectivity index (χ1v) is 6.29. The first-order valence-electron chi connectivity index (χ1n) is 5.91. The molecular weight excluding hydrogens is 313 g/mol. The van der Waals surface area contributed by atoms with Gasteiger partial charge in [-0.25, -0.2) is 0 Å². The molecule has 1 rings (SSSR count). The largest absolute Gasteiger partial charge is 0.415 e. The van der Waals surface area contributed by atoms with E-state index in [0.717, 1.165) is 0 Å². The van der Waals surface area contributed by atoms with Gasteiger partial charge in [-0.05, 0) is 7.05 Å². The topological polar surface area (TPSA) is 91.4 Å². The average molecular weight is 329 g/mol. The molecule has 0 aromatic carbocycles. The highest BCUT2D eigenvalue weighted by atomic mass is 35.5. The second-order valence-corrected chi connectivity index (χ2v) is 4.89. The van der Waals surface area contributed by atoms with Crippen LogP contribution in [-0.2, 0) is 0 Å². The van der Waals surface area contributed by atoms with Gasteiger partial charge in [-0.2, -0.15) is 18.2 Å². The average Bonchev–Trinajstić information content (AvgIpc) is 2.38. The number of nitrogens with zero attached hydrogens (tertiary/aromatic N) is 5. The zero-order chi connectivity index (χ0) is 16.2. The Kier molecular flexibility index (Phi) is 5.93. The highest BCUT2D eigenvalue weighted by molar-refractivity contribution is 6.31. The molecule has 0 spiro atoms. The molecule has 0 aliphatic rings. The maximum absolute atomic E-state index is 12.2. The number of nitrogen functional groups attached to an aromatic ring is 1. The molecule has 120 valence electrons. The third-order valence-electron chi connectivity index (χ3n) is 2.68. The molecule has 0 aliphatic carbocycles. The summed E-state index contributed by atoms with van der Waals surface area (Å²) in [5.74, 6) is 0.232. The number of rotatable bonds is 6. The number of aliphatic hydroxyl groups is 1. The standard InChI is InChI=1S/C10H16ClF3N6O/c1-19(5-6(21)10(12,13)14)3-4-20(2)9-16-8(15)7(11)17-18-9/h6,21H,3-5H2,1-2H3,(H2,15,16,18). The second-order valence-electron chi connectivity index (χ2n) is 4.53. The monoisotopic (exact) mass is 328 g/mol. The van der Waals surface area contributed by atoms with Crippen LogP contribution in [0.1, 0.15) is 0 Å². The van der Waals surface area contributed by atoms with Crippen molar-refractivity contribution in [3.63, 3.8) is 0 Å². The van der Waals surface area contributed by atoms with Crippen LogP contribution in [-0.4, -0.2) is 71.2 Å². The summed E-state index contributed by atoms with van der Waals surface area (Å²) in [6.45, 7) is 0.0680. The Balaban J connectivity index is 2.48. The van der Waals surface area contributed by atoms with E-state index in [2.05, 4.69) is 15.2 Å². The summed E-state index contributed by atoms with van der Waals surface area (Å²) in [6.07, 6.45) is -7.01. The van der Waals surface area contributed by atoms with Crippen LogP contribution in [0.5, 0.6) is 0 Å². The number of halogens is 4. The third-order valence-corrected chi connectivity index (χ3v) is 2.95. The van der Waals surface area contributed by atoms with Crippen LogP contribution in [0.2, 0.25) is 5.15 Å². The van der Waals surface area contributed by atoms with Crippen molar-refractivity contribution in [2.45, 2.75) is 12.3 Å². The third kappa shape index (κ3) is 5.48. The van der Waals surface area contributed by atoms with Gasteiger partial charge in [0.1, 0.15) is 0 Å². The molecule has 1 heterocycles. The van der Waals surface area contributed by atoms with E-state index in [0.29, 0.717) is 6.54 Å². The summed E-state index contributed by atoms with van der Waals surface area (Å²) in [6, 6.07) is 0. The van der Waals surface area contributed by atoms with E-state index in [-0.39, 0.29) is 23.5 Å². The molecule has 0 saturated carbocycles. The molecule has 21 heavy (non-hydrogen) atoms. The van der Waals surface area contributed by atoms with E-state index in [4.69, 9.17) is 22.4 Å². The molecule has 11 heteroatoms. The van der Waals surface area contributed by atoms with E-state index in [1.807, 2.05) is 0 Å². The van der Waals surface area contributed by atoms with Crippen LogP contribution in [0.3, 0.4) is 0 Å². The molecule has 0 aliphatic heterocycles. The lowest BCUT2D eigenvalue weighted by Gasteiger charge is -2.24. The lowest BCUT2D eigenvalue weighted by Crippen LogP contribution is -2.41. The highest BCUT2D eigenvalue weighted by Crippen LogP contribution is 2.20. The maximum atomic E-state index is 12.2. The van der Waals surface area contributed by atoms with Gasteiger partial charge in [0.15, 0.2) is 17.1 Å². The SMILES string of the molecule is CN(CCN(C)c1nnc(Cl)c(N)n1)CC(O)C(F)(F)F. The van der Waals surface area contributed by atoms with Gasteiger partial charge < -0.3 is 20.6 Å². The van der Waals surface area contributed by atoms with Gasteiger partial charge in [-0.3, -0.25) is 0 Å². The Morgan fingerprint density at radius 3 is 2.43 bits per heavy atom. The van der Waals surface area contributed by atoms with Crippen LogP contribution in [0, 0.1) is 0 Å². The summed E-state index contributed by atoms with van der Waals surface area (Å²) < 4.78 is 36.6. The fourth-order valence-corrected chi connectivity index (χ4v) is 1.47. The van der Waals surface area contributed by atoms with Gasteiger partial charge in [-0.15, -0.1) is 10.2 Å². The molecule has 1 unspecified atom stereocenters. The van der Waals surface area contributed by atoms with Gasteiger partial charge in [0.25, 0.3) is 0 Å². The molecule has 0 fully saturated rings. The van der Waals surface area contributed by atoms with Crippen molar-refractivity contribution in [3.8, 4) is 0 Å². The molecule has 7 nitrogen and oxygen atoms in total. The Hall–Kier alpha value is -1.39. The number of aliphatic hydroxyl groups excluding tert-OH is 1. The van der Waals surface area contributed by atoms with E-state index in [1.165, 1.54) is 11.9 Å². The minimum absolute atomic E-state index is 0.0161. The van der Waals surface area contributed by atoms with Crippen LogP contribution in [0.15, 0.2) is 0 Å². The molecule has 0 bridgehead atoms. The van der Waals surface area contributed by atoms with Crippen molar-refractivity contribution in [1.29, 1.82) is 0 Å². The first kappa shape index (κ1) is 17.7. The fourth-order valence-electron chi connectivity index (χ4n) is 1.39. The van der Waals surface area contributed by atoms with Crippen molar-refractivity contribution in [3.05, 3.63) is 5.15 Å². The highest BCUT2D eigenvalue weighted by Gasteiger charge is 2.38. The molecule has 3 N–H and O–H groups in total. The lowest BCUT2D eigenvalue weighted by molar-refractivity contribution is -0.207. The number of hydrogen-bond donors (Lipinski definition) is 2. The molecule has 1 aromatic rings. The summed E-state index contributed by atoms with van der Waals surface area (Å²) in [4.78, 5) is 6.82. The number of nitrogens with two attached hydrogens (primary N) is 1. The number of aromatic nitrogens is 3. The van der Waals surface area contributed by atoms with Gasteiger partial charge in [0.05, 0.1) is 0 Å². The van der Waals surface area contributed by atoms with Crippen molar-refractivity contribution in [2.24, 2.45) is 0 Å². The summed E-state index contributed by atoms with van der Waals surface area (Å²) in [5.41, 5.74) is 5.49. The van der Waals surface area contributed by atoms with E-state index in [1.54, 1.807) is 11.9 Å². The van der Waals surface area contributed by atoms with Crippen LogP contribution in [0.4, 0.5) is 24.9 Å². The fraction of sp³-hybridized carbons (Fsp3) is 0.700. The normalized spacial score (nSPS) is 13.5. The smallest absolute Gasteiger partial charge is 0.382 e. The molecule has 0 radical (unpaired) electrons. The lowest BCUT2D eigenvalue weighted by atomic mass is 10.3. The first-order chi connectivity index (χ1) is 9.61. The van der Waals surface area contributed by atoms with Crippen LogP contribution < -0.4 is 10.6 Å². The molecule has 1 atom stereocenters. The van der Waals surface area contributed by atoms with Gasteiger partial charge in [0.2, 0.25) is 5.95 Å². The number of likely N-dealkylation sites (N-methyl/N-ethyl adjacent to an activating group) is 2. The number of hydrogen-bond acceptors (Lipinski definition) is 7. The minimum Gasteiger partial charge on any atom is -0.382 e. The van der Waals surface area contributed by atoms with Gasteiger partial charge in [-0.1, -0.05) is 11.6 Å². The van der Waals surface area contributed by atoms with Crippen molar-refractivity contribution in [1.82, 2.24) is 20.1 Å². The number of anilines is 2. The molecule has 1 aromatic heterocycles. The number of alkyl halides is 3. The zero-order valence-electron chi connectivity index (χ0n) is 11.5. The van der Waals surface area contributed by atoms with E-state index < -0.39 is 18.8 Å². The Bertz CT molecular complexity index is 475. The Morgan fingerprint density at radius 1 is 1.29 bits per heavy atom. The van der Waals surface area contributed by atoms with Gasteiger partial charge in [0, 0.05) is 26.7 Å². The Morgan fingerprint density at radius 2 is 1.90 bits per heavy atom. The van der Waals surface area contributed by atoms with Gasteiger partial charge >= 0.3 is 6.18 Å². The van der Waals surface area contributed by atoms with Crippen molar-refractivity contribution in [2.75, 3.05) is 44.4 Å². The van der Waals surface area contributed by atoms with Crippen molar-refractivity contribution < 1.29 is 18.3 Å². The summed E-state index contributed by atoms with van der Waals surface area (Å²) >= 11 is 5.59. The molecule has 0 saturated heterocycles. The molecular formula is C10H16ClF3N6O. The van der Waals surface area contributed by atoms with Crippen LogP contribution >= 0.6 is 11.6 Å².